The molecule has 2 aromatic rings. The van der Waals surface area contributed by atoms with Crippen LogP contribution in [-0.4, -0.2) is 67.2 Å². The van der Waals surface area contributed by atoms with Crippen molar-refractivity contribution in [2.45, 2.75) is 11.1 Å². The maximum atomic E-state index is 12.0. The topological polar surface area (TPSA) is 155 Å². The van der Waals surface area contributed by atoms with Gasteiger partial charge in [0.15, 0.2) is 21.3 Å². The molecule has 0 amide bonds. The second-order valence-corrected chi connectivity index (χ2v) is 7.75. The summed E-state index contributed by atoms with van der Waals surface area (Å²) in [6.07, 6.45) is 3.67. The fourth-order valence-corrected chi connectivity index (χ4v) is 3.12. The number of nitriles is 1. The normalized spacial score (nSPS) is 17.1. The van der Waals surface area contributed by atoms with Crippen LogP contribution < -0.4 is 16.0 Å². The Morgan fingerprint density at radius 3 is 2.81 bits per heavy atom. The van der Waals surface area contributed by atoms with Gasteiger partial charge < -0.3 is 20.7 Å². The van der Waals surface area contributed by atoms with Crippen molar-refractivity contribution in [3.63, 3.8) is 0 Å². The summed E-state index contributed by atoms with van der Waals surface area (Å²) in [5.41, 5.74) is 0.494. The number of aromatic nitrogens is 4. The lowest BCUT2D eigenvalue weighted by Crippen LogP contribution is -2.42. The molecule has 11 nitrogen and oxygen atoms in total. The number of morpholine rings is 1. The Labute approximate surface area is 156 Å². The lowest BCUT2D eigenvalue weighted by atomic mass is 10.3. The summed E-state index contributed by atoms with van der Waals surface area (Å²) in [6, 6.07) is 3.40. The van der Waals surface area contributed by atoms with E-state index in [0.29, 0.717) is 31.2 Å². The summed E-state index contributed by atoms with van der Waals surface area (Å²) in [5.74, 6) is 0.632. The molecule has 3 N–H and O–H groups in total. The molecule has 0 aliphatic carbocycles. The molecule has 1 aliphatic rings. The first kappa shape index (κ1) is 18.9. The Balaban J connectivity index is 1.79. The zero-order valence-electron chi connectivity index (χ0n) is 14.5. The zero-order chi connectivity index (χ0) is 19.3. The number of hydrogen-bond acceptors (Lipinski definition) is 11. The predicted octanol–water partition coefficient (Wildman–Crippen LogP) is -0.314. The number of hydrogen-bond donors (Lipinski definition) is 3. The van der Waals surface area contributed by atoms with Gasteiger partial charge in [0.05, 0.1) is 30.8 Å². The predicted molar refractivity (Wildman–Crippen MR) is 96.3 cm³/mol. The first-order chi connectivity index (χ1) is 13.0. The molecule has 3 rings (SSSR count). The van der Waals surface area contributed by atoms with E-state index in [1.54, 1.807) is 0 Å². The minimum atomic E-state index is -3.57. The molecule has 1 saturated heterocycles. The fraction of sp³-hybridized carbons (Fsp3) is 0.400. The molecule has 2 aromatic heterocycles. The lowest BCUT2D eigenvalue weighted by Gasteiger charge is -2.24. The highest BCUT2D eigenvalue weighted by atomic mass is 32.2. The van der Waals surface area contributed by atoms with Gasteiger partial charge in [-0.05, 0) is 0 Å². The molecule has 27 heavy (non-hydrogen) atoms. The van der Waals surface area contributed by atoms with E-state index in [2.05, 4.69) is 36.1 Å². The standard InChI is InChI=1S/C15H18N8O3S/c1-27(24,25)15-12(19-8-11-7-17-2-3-26-11)4-13(22-23-15)21-14-9-18-10(5-16)6-20-14/h4,6,9,11,17H,2-3,7-8H2,1H3,(H2,19,20,21,22). The Morgan fingerprint density at radius 2 is 2.19 bits per heavy atom. The van der Waals surface area contributed by atoms with Crippen molar-refractivity contribution in [3.8, 4) is 6.07 Å². The van der Waals surface area contributed by atoms with Crippen LogP contribution in [0.5, 0.6) is 0 Å². The van der Waals surface area contributed by atoms with Gasteiger partial charge in [0, 0.05) is 32.0 Å². The SMILES string of the molecule is CS(=O)(=O)c1nnc(Nc2cnc(C#N)cn2)cc1NCC1CNCCO1. The Kier molecular flexibility index (Phi) is 5.75. The Bertz CT molecular complexity index is 937. The van der Waals surface area contributed by atoms with E-state index >= 15 is 0 Å². The average molecular weight is 390 g/mol. The molecule has 142 valence electrons. The van der Waals surface area contributed by atoms with Crippen LogP contribution in [0.3, 0.4) is 0 Å². The second-order valence-electron chi connectivity index (χ2n) is 5.82. The minimum absolute atomic E-state index is 0.0832. The van der Waals surface area contributed by atoms with Gasteiger partial charge in [-0.25, -0.2) is 18.4 Å². The molecule has 0 radical (unpaired) electrons. The largest absolute Gasteiger partial charge is 0.380 e. The second kappa shape index (κ2) is 8.21. The third kappa shape index (κ3) is 5.07. The van der Waals surface area contributed by atoms with Gasteiger partial charge in [0.25, 0.3) is 0 Å². The van der Waals surface area contributed by atoms with Crippen molar-refractivity contribution in [1.82, 2.24) is 25.5 Å². The van der Waals surface area contributed by atoms with Gasteiger partial charge in [0.1, 0.15) is 11.9 Å². The molecular formula is C15H18N8O3S. The van der Waals surface area contributed by atoms with Crippen LogP contribution in [0.4, 0.5) is 17.3 Å². The van der Waals surface area contributed by atoms with Crippen LogP contribution in [0.2, 0.25) is 0 Å². The number of sulfone groups is 1. The maximum absolute atomic E-state index is 12.0. The summed E-state index contributed by atoms with van der Waals surface area (Å²) in [5, 5.41) is 25.5. The van der Waals surface area contributed by atoms with E-state index < -0.39 is 9.84 Å². The van der Waals surface area contributed by atoms with Crippen molar-refractivity contribution in [1.29, 1.82) is 5.26 Å². The molecule has 1 aliphatic heterocycles. The molecule has 0 saturated carbocycles. The lowest BCUT2D eigenvalue weighted by molar-refractivity contribution is 0.0372. The van der Waals surface area contributed by atoms with Crippen molar-refractivity contribution >= 4 is 27.2 Å². The molecular weight excluding hydrogens is 372 g/mol. The highest BCUT2D eigenvalue weighted by molar-refractivity contribution is 7.90. The minimum Gasteiger partial charge on any atom is -0.380 e. The molecule has 1 unspecified atom stereocenters. The summed E-state index contributed by atoms with van der Waals surface area (Å²) in [7, 11) is -3.57. The van der Waals surface area contributed by atoms with Gasteiger partial charge in [-0.15, -0.1) is 10.2 Å². The molecule has 1 fully saturated rings. The van der Waals surface area contributed by atoms with Gasteiger partial charge in [-0.3, -0.25) is 0 Å². The first-order valence-electron chi connectivity index (χ1n) is 8.09. The summed E-state index contributed by atoms with van der Waals surface area (Å²) in [4.78, 5) is 7.94. The number of ether oxygens (including phenoxy) is 1. The van der Waals surface area contributed by atoms with Gasteiger partial charge in [0.2, 0.25) is 5.03 Å². The number of nitrogens with zero attached hydrogens (tertiary/aromatic N) is 5. The van der Waals surface area contributed by atoms with Crippen LogP contribution in [0.25, 0.3) is 0 Å². The van der Waals surface area contributed by atoms with Crippen LogP contribution >= 0.6 is 0 Å². The van der Waals surface area contributed by atoms with E-state index in [0.717, 1.165) is 12.8 Å². The van der Waals surface area contributed by atoms with Crippen molar-refractivity contribution in [2.75, 3.05) is 43.1 Å². The number of anilines is 3. The molecule has 0 aromatic carbocycles. The zero-order valence-corrected chi connectivity index (χ0v) is 15.3. The molecule has 1 atom stereocenters. The Morgan fingerprint density at radius 1 is 1.33 bits per heavy atom. The van der Waals surface area contributed by atoms with E-state index in [1.165, 1.54) is 18.5 Å². The molecule has 0 spiro atoms. The van der Waals surface area contributed by atoms with Crippen molar-refractivity contribution in [2.24, 2.45) is 0 Å². The molecule has 12 heteroatoms. The third-order valence-corrected chi connectivity index (χ3v) is 4.66. The molecule has 0 bridgehead atoms. The fourth-order valence-electron chi connectivity index (χ4n) is 2.40. The van der Waals surface area contributed by atoms with Crippen LogP contribution in [-0.2, 0) is 14.6 Å². The number of nitrogens with one attached hydrogen (secondary N) is 3. The number of rotatable bonds is 6. The van der Waals surface area contributed by atoms with E-state index in [4.69, 9.17) is 10.00 Å². The van der Waals surface area contributed by atoms with Crippen LogP contribution in [0, 0.1) is 11.3 Å². The smallest absolute Gasteiger partial charge is 0.200 e. The first-order valence-corrected chi connectivity index (χ1v) is 9.98. The van der Waals surface area contributed by atoms with Crippen molar-refractivity contribution in [3.05, 3.63) is 24.2 Å². The van der Waals surface area contributed by atoms with Crippen LogP contribution in [0.15, 0.2) is 23.5 Å². The van der Waals surface area contributed by atoms with Gasteiger partial charge >= 0.3 is 0 Å². The van der Waals surface area contributed by atoms with Gasteiger partial charge in [-0.2, -0.15) is 5.26 Å². The van der Waals surface area contributed by atoms with E-state index in [-0.39, 0.29) is 22.6 Å². The summed E-state index contributed by atoms with van der Waals surface area (Å²) < 4.78 is 29.6. The highest BCUT2D eigenvalue weighted by Gasteiger charge is 2.20. The van der Waals surface area contributed by atoms with Crippen molar-refractivity contribution < 1.29 is 13.2 Å². The third-order valence-electron chi connectivity index (χ3n) is 3.66. The Hall–Kier alpha value is -2.88. The highest BCUT2D eigenvalue weighted by Crippen LogP contribution is 2.22. The summed E-state index contributed by atoms with van der Waals surface area (Å²) >= 11 is 0. The summed E-state index contributed by atoms with van der Waals surface area (Å²) in [6.45, 7) is 2.48. The quantitative estimate of drug-likeness (QED) is 0.594. The maximum Gasteiger partial charge on any atom is 0.200 e. The van der Waals surface area contributed by atoms with E-state index in [9.17, 15) is 8.42 Å². The van der Waals surface area contributed by atoms with Gasteiger partial charge in [-0.1, -0.05) is 0 Å². The van der Waals surface area contributed by atoms with Crippen LogP contribution in [0.1, 0.15) is 5.69 Å². The average Bonchev–Trinajstić information content (AvgIpc) is 2.67. The molecule has 3 heterocycles. The van der Waals surface area contributed by atoms with E-state index in [1.807, 2.05) is 6.07 Å². The monoisotopic (exact) mass is 390 g/mol.